The summed E-state index contributed by atoms with van der Waals surface area (Å²) in [5.41, 5.74) is 7.09. The fourth-order valence-corrected chi connectivity index (χ4v) is 3.17. The molecule has 0 bridgehead atoms. The number of rotatable bonds is 8. The van der Waals surface area contributed by atoms with Gasteiger partial charge in [-0.25, -0.2) is 4.79 Å². The van der Waals surface area contributed by atoms with Crippen LogP contribution in [0, 0.1) is 0 Å². The zero-order valence-electron chi connectivity index (χ0n) is 17.0. The summed E-state index contributed by atoms with van der Waals surface area (Å²) in [6.07, 6.45) is -4.40. The summed E-state index contributed by atoms with van der Waals surface area (Å²) in [6.45, 7) is 7.05. The van der Waals surface area contributed by atoms with Gasteiger partial charge in [0.25, 0.3) is 0 Å². The van der Waals surface area contributed by atoms with Crippen LogP contribution in [0.4, 0.5) is 13.2 Å². The zero-order valence-corrected chi connectivity index (χ0v) is 17.0. The molecule has 164 valence electrons. The number of alkyl halides is 3. The molecule has 3 N–H and O–H groups in total. The summed E-state index contributed by atoms with van der Waals surface area (Å²) in [4.78, 5) is 23.8. The molecule has 0 radical (unpaired) electrons. The smallest absolute Gasteiger partial charge is 0.475 e. The fraction of sp³-hybridized carbons (Fsp3) is 0.364. The van der Waals surface area contributed by atoms with Crippen LogP contribution in [-0.4, -0.2) is 47.7 Å². The molecule has 0 aliphatic carbocycles. The average molecular weight is 424 g/mol. The first-order valence-corrected chi connectivity index (χ1v) is 9.53. The first-order valence-electron chi connectivity index (χ1n) is 9.53. The summed E-state index contributed by atoms with van der Waals surface area (Å²) >= 11 is 0. The minimum atomic E-state index is -5.08. The van der Waals surface area contributed by atoms with Gasteiger partial charge in [0.1, 0.15) is 0 Å². The Balaban J connectivity index is 0.000000553. The fourth-order valence-electron chi connectivity index (χ4n) is 3.17. The molecule has 0 saturated heterocycles. The van der Waals surface area contributed by atoms with E-state index in [1.54, 1.807) is 0 Å². The van der Waals surface area contributed by atoms with E-state index in [4.69, 9.17) is 15.6 Å². The zero-order chi connectivity index (χ0) is 22.8. The maximum Gasteiger partial charge on any atom is 0.490 e. The van der Waals surface area contributed by atoms with Gasteiger partial charge >= 0.3 is 12.1 Å². The molecule has 0 aliphatic rings. The number of amides is 1. The van der Waals surface area contributed by atoms with Gasteiger partial charge in [0.05, 0.1) is 5.41 Å². The summed E-state index contributed by atoms with van der Waals surface area (Å²) in [6, 6.07) is 19.8. The van der Waals surface area contributed by atoms with Gasteiger partial charge in [-0.05, 0) is 37.2 Å². The van der Waals surface area contributed by atoms with Crippen molar-refractivity contribution in [3.8, 4) is 0 Å². The molecule has 2 rings (SSSR count). The van der Waals surface area contributed by atoms with Crippen molar-refractivity contribution in [3.63, 3.8) is 0 Å². The Bertz CT molecular complexity index is 753. The van der Waals surface area contributed by atoms with E-state index in [1.807, 2.05) is 60.7 Å². The van der Waals surface area contributed by atoms with Crippen LogP contribution in [0.15, 0.2) is 60.7 Å². The van der Waals surface area contributed by atoms with Crippen molar-refractivity contribution in [2.75, 3.05) is 19.6 Å². The van der Waals surface area contributed by atoms with Crippen LogP contribution in [-0.2, 0) is 15.0 Å². The van der Waals surface area contributed by atoms with Crippen LogP contribution in [0.1, 0.15) is 31.4 Å². The number of benzene rings is 2. The van der Waals surface area contributed by atoms with Gasteiger partial charge in [-0.1, -0.05) is 74.5 Å². The van der Waals surface area contributed by atoms with E-state index in [0.29, 0.717) is 6.42 Å². The van der Waals surface area contributed by atoms with Crippen molar-refractivity contribution in [3.05, 3.63) is 71.8 Å². The lowest BCUT2D eigenvalue weighted by molar-refractivity contribution is -0.192. The van der Waals surface area contributed by atoms with Crippen LogP contribution in [0.25, 0.3) is 0 Å². The molecule has 2 aromatic rings. The number of aliphatic carboxylic acids is 1. The van der Waals surface area contributed by atoms with Gasteiger partial charge in [0.15, 0.2) is 0 Å². The highest BCUT2D eigenvalue weighted by atomic mass is 19.4. The first kappa shape index (κ1) is 25.2. The molecular formula is C22H27F3N2O3. The largest absolute Gasteiger partial charge is 0.490 e. The Morgan fingerprint density at radius 2 is 1.27 bits per heavy atom. The van der Waals surface area contributed by atoms with E-state index in [0.717, 1.165) is 30.8 Å². The topological polar surface area (TPSA) is 83.6 Å². The third kappa shape index (κ3) is 6.59. The molecule has 0 saturated carbocycles. The van der Waals surface area contributed by atoms with E-state index in [1.165, 1.54) is 0 Å². The number of nitrogens with zero attached hydrogens (tertiary/aromatic N) is 1. The lowest BCUT2D eigenvalue weighted by Crippen LogP contribution is -2.45. The molecule has 1 amide bonds. The van der Waals surface area contributed by atoms with E-state index in [2.05, 4.69) is 18.7 Å². The van der Waals surface area contributed by atoms with E-state index in [-0.39, 0.29) is 5.91 Å². The SMILES string of the molecule is CCN(CC)CCC(C(N)=O)(c1ccccc1)c1ccccc1.O=C(O)C(F)(F)F. The molecule has 0 heterocycles. The monoisotopic (exact) mass is 424 g/mol. The van der Waals surface area contributed by atoms with Crippen molar-refractivity contribution in [2.24, 2.45) is 5.73 Å². The minimum absolute atomic E-state index is 0.290. The highest BCUT2D eigenvalue weighted by Gasteiger charge is 2.40. The summed E-state index contributed by atoms with van der Waals surface area (Å²) < 4.78 is 31.7. The van der Waals surface area contributed by atoms with Crippen LogP contribution < -0.4 is 5.73 Å². The number of carbonyl (C=O) groups excluding carboxylic acids is 1. The minimum Gasteiger partial charge on any atom is -0.475 e. The number of halogens is 3. The number of hydrogen-bond donors (Lipinski definition) is 2. The second-order valence-corrected chi connectivity index (χ2v) is 6.58. The van der Waals surface area contributed by atoms with Gasteiger partial charge in [-0.2, -0.15) is 13.2 Å². The maximum atomic E-state index is 12.6. The molecule has 0 aliphatic heterocycles. The number of primary amides is 1. The van der Waals surface area contributed by atoms with Crippen molar-refractivity contribution in [1.29, 1.82) is 0 Å². The predicted octanol–water partition coefficient (Wildman–Crippen LogP) is 3.82. The van der Waals surface area contributed by atoms with Crippen LogP contribution >= 0.6 is 0 Å². The van der Waals surface area contributed by atoms with E-state index in [9.17, 15) is 18.0 Å². The number of nitrogens with two attached hydrogens (primary N) is 1. The Labute approximate surface area is 174 Å². The van der Waals surface area contributed by atoms with Crippen molar-refractivity contribution >= 4 is 11.9 Å². The second kappa shape index (κ2) is 11.3. The molecular weight excluding hydrogens is 397 g/mol. The number of carboxylic acid groups (broad SMARTS) is 1. The highest BCUT2D eigenvalue weighted by molar-refractivity contribution is 5.90. The Hall–Kier alpha value is -2.87. The molecule has 8 heteroatoms. The molecule has 0 spiro atoms. The summed E-state index contributed by atoms with van der Waals surface area (Å²) in [7, 11) is 0. The Morgan fingerprint density at radius 3 is 1.53 bits per heavy atom. The lowest BCUT2D eigenvalue weighted by Gasteiger charge is -2.34. The number of carbonyl (C=O) groups is 2. The van der Waals surface area contributed by atoms with Gasteiger partial charge < -0.3 is 15.7 Å². The molecule has 0 aromatic heterocycles. The quantitative estimate of drug-likeness (QED) is 0.675. The molecule has 0 atom stereocenters. The number of hydrogen-bond acceptors (Lipinski definition) is 3. The molecule has 30 heavy (non-hydrogen) atoms. The highest BCUT2D eigenvalue weighted by Crippen LogP contribution is 2.35. The van der Waals surface area contributed by atoms with Crippen molar-refractivity contribution < 1.29 is 27.9 Å². The first-order chi connectivity index (χ1) is 14.1. The number of carboxylic acids is 1. The van der Waals surface area contributed by atoms with Crippen molar-refractivity contribution in [2.45, 2.75) is 31.9 Å². The summed E-state index contributed by atoms with van der Waals surface area (Å²) in [5, 5.41) is 7.12. The normalized spacial score (nSPS) is 11.5. The van der Waals surface area contributed by atoms with E-state index >= 15 is 0 Å². The third-order valence-corrected chi connectivity index (χ3v) is 4.89. The molecule has 5 nitrogen and oxygen atoms in total. The average Bonchev–Trinajstić information content (AvgIpc) is 2.72. The standard InChI is InChI=1S/C20H26N2O.C2HF3O2/c1-3-22(4-2)16-15-20(19(21)23,17-11-7-5-8-12-17)18-13-9-6-10-14-18;3-2(4,5)1(6)7/h5-14H,3-4,15-16H2,1-2H3,(H2,21,23);(H,6,7). The molecule has 0 unspecified atom stereocenters. The Morgan fingerprint density at radius 1 is 0.900 bits per heavy atom. The third-order valence-electron chi connectivity index (χ3n) is 4.89. The van der Waals surface area contributed by atoms with Gasteiger partial charge in [0, 0.05) is 0 Å². The van der Waals surface area contributed by atoms with Crippen molar-refractivity contribution in [1.82, 2.24) is 4.90 Å². The van der Waals surface area contributed by atoms with Gasteiger partial charge in [0.2, 0.25) is 5.91 Å². The molecule has 2 aromatic carbocycles. The van der Waals surface area contributed by atoms with Crippen LogP contribution in [0.5, 0.6) is 0 Å². The van der Waals surface area contributed by atoms with Gasteiger partial charge in [-0.3, -0.25) is 4.79 Å². The van der Waals surface area contributed by atoms with E-state index < -0.39 is 17.6 Å². The van der Waals surface area contributed by atoms with Gasteiger partial charge in [-0.15, -0.1) is 0 Å². The maximum absolute atomic E-state index is 12.6. The summed E-state index contributed by atoms with van der Waals surface area (Å²) in [5.74, 6) is -3.05. The van der Waals surface area contributed by atoms with Crippen LogP contribution in [0.3, 0.4) is 0 Å². The lowest BCUT2D eigenvalue weighted by atomic mass is 9.71. The predicted molar refractivity (Wildman–Crippen MR) is 109 cm³/mol. The van der Waals surface area contributed by atoms with Crippen LogP contribution in [0.2, 0.25) is 0 Å². The molecule has 0 fully saturated rings. The second-order valence-electron chi connectivity index (χ2n) is 6.58. The Kier molecular flexibility index (Phi) is 9.52.